The van der Waals surface area contributed by atoms with Gasteiger partial charge in [-0.3, -0.25) is 4.79 Å². The number of benzene rings is 1. The molecule has 2 rings (SSSR count). The highest BCUT2D eigenvalue weighted by atomic mass is 32.2. The van der Waals surface area contributed by atoms with Crippen LogP contribution in [-0.2, 0) is 25.8 Å². The Morgan fingerprint density at radius 1 is 1.09 bits per heavy atom. The Labute approximate surface area is 194 Å². The van der Waals surface area contributed by atoms with Crippen molar-refractivity contribution in [1.29, 1.82) is 0 Å². The van der Waals surface area contributed by atoms with Crippen molar-refractivity contribution in [3.63, 3.8) is 0 Å². The Morgan fingerprint density at radius 3 is 2.52 bits per heavy atom. The molecule has 2 amide bonds. The van der Waals surface area contributed by atoms with Crippen LogP contribution in [0.3, 0.4) is 0 Å². The van der Waals surface area contributed by atoms with Crippen LogP contribution in [0.2, 0.25) is 0 Å². The summed E-state index contributed by atoms with van der Waals surface area (Å²) in [6.45, 7) is 9.55. The molecule has 0 spiro atoms. The number of ether oxygens (including phenoxy) is 1. The molecule has 1 aromatic carbocycles. The minimum absolute atomic E-state index is 0.184. The number of hydrogen-bond acceptors (Lipinski definition) is 8. The lowest BCUT2D eigenvalue weighted by Gasteiger charge is -2.19. The third-order valence-corrected chi connectivity index (χ3v) is 5.78. The topological polar surface area (TPSA) is 140 Å². The van der Waals surface area contributed by atoms with Crippen molar-refractivity contribution >= 4 is 27.5 Å². The molecule has 0 atom stereocenters. The molecule has 11 heteroatoms. The number of rotatable bonds is 10. The summed E-state index contributed by atoms with van der Waals surface area (Å²) in [5, 5.41) is 12.1. The average Bonchev–Trinajstić information content (AvgIpc) is 3.15. The van der Waals surface area contributed by atoms with Crippen LogP contribution in [0.15, 0.2) is 27.8 Å². The van der Waals surface area contributed by atoms with Crippen LogP contribution in [0.4, 0.5) is 10.5 Å². The van der Waals surface area contributed by atoms with Crippen LogP contribution in [0, 0.1) is 13.8 Å². The molecule has 2 N–H and O–H groups in total. The van der Waals surface area contributed by atoms with Gasteiger partial charge in [0.25, 0.3) is 0 Å². The molecule has 0 aliphatic carbocycles. The second kappa shape index (κ2) is 11.3. The summed E-state index contributed by atoms with van der Waals surface area (Å²) >= 11 is 0. The summed E-state index contributed by atoms with van der Waals surface area (Å²) in [4.78, 5) is 23.8. The van der Waals surface area contributed by atoms with Crippen molar-refractivity contribution in [2.24, 2.45) is 0 Å². The average molecular weight is 481 g/mol. The summed E-state index contributed by atoms with van der Waals surface area (Å²) < 4.78 is 35.3. The fraction of sp³-hybridized carbons (Fsp3) is 0.545. The van der Waals surface area contributed by atoms with Crippen LogP contribution in [-0.4, -0.2) is 48.5 Å². The van der Waals surface area contributed by atoms with Crippen LogP contribution >= 0.6 is 0 Å². The van der Waals surface area contributed by atoms with Gasteiger partial charge in [0, 0.05) is 18.7 Å². The molecule has 33 heavy (non-hydrogen) atoms. The summed E-state index contributed by atoms with van der Waals surface area (Å²) in [6, 6.07) is 5.52. The quantitative estimate of drug-likeness (QED) is 0.493. The van der Waals surface area contributed by atoms with E-state index in [0.717, 1.165) is 24.0 Å². The van der Waals surface area contributed by atoms with Gasteiger partial charge in [-0.05, 0) is 64.7 Å². The zero-order valence-electron chi connectivity index (χ0n) is 19.7. The summed E-state index contributed by atoms with van der Waals surface area (Å²) in [6.07, 6.45) is 2.08. The van der Waals surface area contributed by atoms with Crippen LogP contribution in [0.1, 0.15) is 57.1 Å². The maximum Gasteiger partial charge on any atom is 0.407 e. The lowest BCUT2D eigenvalue weighted by molar-refractivity contribution is -0.113. The molecule has 0 aliphatic rings. The fourth-order valence-corrected chi connectivity index (χ4v) is 3.77. The number of amides is 2. The molecule has 182 valence electrons. The fourth-order valence-electron chi connectivity index (χ4n) is 2.84. The minimum atomic E-state index is -4.06. The largest absolute Gasteiger partial charge is 0.444 e. The van der Waals surface area contributed by atoms with Gasteiger partial charge >= 0.3 is 11.3 Å². The first kappa shape index (κ1) is 26.3. The Kier molecular flexibility index (Phi) is 8.98. The van der Waals surface area contributed by atoms with E-state index in [2.05, 4.69) is 20.8 Å². The molecule has 0 saturated carbocycles. The number of alkyl carbamates (subject to hydrolysis) is 1. The summed E-state index contributed by atoms with van der Waals surface area (Å²) in [5.41, 5.74) is 1.79. The highest BCUT2D eigenvalue weighted by Gasteiger charge is 2.26. The van der Waals surface area contributed by atoms with Crippen molar-refractivity contribution < 1.29 is 27.2 Å². The molecule has 0 unspecified atom stereocenters. The van der Waals surface area contributed by atoms with Crippen LogP contribution < -0.4 is 10.6 Å². The molecular weight excluding hydrogens is 448 g/mol. The number of carbonyl (C=O) groups excluding carboxylic acids is 2. The standard InChI is InChI=1S/C22H32N4O6S/c1-15-10-11-16(2)17(13-15)24-18(27)14-33(29,30)21-26-25-19(31-21)9-7-6-8-12-23-20(28)32-22(3,4)5/h10-11,13H,6-9,12,14H2,1-5H3,(H,23,28)(H,24,27). The molecule has 10 nitrogen and oxygen atoms in total. The normalized spacial score (nSPS) is 11.8. The number of aryl methyl sites for hydroxylation is 3. The van der Waals surface area contributed by atoms with Crippen molar-refractivity contribution in [2.45, 2.75) is 71.1 Å². The highest BCUT2D eigenvalue weighted by molar-refractivity contribution is 7.91. The van der Waals surface area contributed by atoms with E-state index in [1.807, 2.05) is 26.0 Å². The third kappa shape index (κ3) is 9.21. The Hall–Kier alpha value is -2.95. The van der Waals surface area contributed by atoms with E-state index in [0.29, 0.717) is 25.1 Å². The Balaban J connectivity index is 1.77. The number of hydrogen-bond donors (Lipinski definition) is 2. The van der Waals surface area contributed by atoms with E-state index in [9.17, 15) is 18.0 Å². The van der Waals surface area contributed by atoms with E-state index in [1.165, 1.54) is 0 Å². The number of anilines is 1. The summed E-state index contributed by atoms with van der Waals surface area (Å²) in [5.74, 6) is -1.29. The van der Waals surface area contributed by atoms with E-state index in [1.54, 1.807) is 26.8 Å². The maximum absolute atomic E-state index is 12.5. The second-order valence-corrected chi connectivity index (χ2v) is 10.7. The van der Waals surface area contributed by atoms with E-state index >= 15 is 0 Å². The number of nitrogens with zero attached hydrogens (tertiary/aromatic N) is 2. The van der Waals surface area contributed by atoms with Crippen molar-refractivity contribution in [3.05, 3.63) is 35.2 Å². The van der Waals surface area contributed by atoms with E-state index in [-0.39, 0.29) is 5.89 Å². The first-order chi connectivity index (χ1) is 15.4. The number of aromatic nitrogens is 2. The smallest absolute Gasteiger partial charge is 0.407 e. The zero-order valence-corrected chi connectivity index (χ0v) is 20.5. The predicted molar refractivity (Wildman–Crippen MR) is 123 cm³/mol. The Morgan fingerprint density at radius 2 is 1.82 bits per heavy atom. The van der Waals surface area contributed by atoms with Gasteiger partial charge in [-0.25, -0.2) is 13.2 Å². The molecule has 0 radical (unpaired) electrons. The van der Waals surface area contributed by atoms with Gasteiger partial charge in [0.1, 0.15) is 11.4 Å². The lowest BCUT2D eigenvalue weighted by Crippen LogP contribution is -2.32. The van der Waals surface area contributed by atoms with Crippen molar-refractivity contribution in [2.75, 3.05) is 17.6 Å². The number of carbonyl (C=O) groups is 2. The first-order valence-electron chi connectivity index (χ1n) is 10.7. The van der Waals surface area contributed by atoms with Crippen molar-refractivity contribution in [3.8, 4) is 0 Å². The molecule has 0 aliphatic heterocycles. The number of unbranched alkanes of at least 4 members (excludes halogenated alkanes) is 2. The molecule has 0 bridgehead atoms. The van der Waals surface area contributed by atoms with Crippen LogP contribution in [0.5, 0.6) is 0 Å². The van der Waals surface area contributed by atoms with Gasteiger partial charge in [-0.1, -0.05) is 23.7 Å². The first-order valence-corrected chi connectivity index (χ1v) is 12.4. The monoisotopic (exact) mass is 480 g/mol. The van der Waals surface area contributed by atoms with E-state index in [4.69, 9.17) is 9.15 Å². The minimum Gasteiger partial charge on any atom is -0.444 e. The number of nitrogens with one attached hydrogen (secondary N) is 2. The van der Waals surface area contributed by atoms with Gasteiger partial charge in [0.05, 0.1) is 0 Å². The lowest BCUT2D eigenvalue weighted by atomic mass is 10.1. The molecule has 0 saturated heterocycles. The summed E-state index contributed by atoms with van der Waals surface area (Å²) in [7, 11) is -4.06. The molecule has 2 aromatic rings. The molecule has 0 fully saturated rings. The predicted octanol–water partition coefficient (Wildman–Crippen LogP) is 3.34. The van der Waals surface area contributed by atoms with Crippen LogP contribution in [0.25, 0.3) is 0 Å². The SMILES string of the molecule is Cc1ccc(C)c(NC(=O)CS(=O)(=O)c2nnc(CCCCCNC(=O)OC(C)(C)C)o2)c1. The second-order valence-electron chi connectivity index (χ2n) is 8.83. The Bertz CT molecular complexity index is 1070. The molecular formula is C22H32N4O6S. The maximum atomic E-state index is 12.5. The van der Waals surface area contributed by atoms with Gasteiger partial charge in [0.15, 0.2) is 0 Å². The van der Waals surface area contributed by atoms with Gasteiger partial charge in [-0.2, -0.15) is 0 Å². The molecule has 1 heterocycles. The van der Waals surface area contributed by atoms with Gasteiger partial charge < -0.3 is 19.8 Å². The van der Waals surface area contributed by atoms with E-state index < -0.39 is 38.4 Å². The third-order valence-electron chi connectivity index (χ3n) is 4.44. The zero-order chi connectivity index (χ0) is 24.6. The van der Waals surface area contributed by atoms with Crippen molar-refractivity contribution in [1.82, 2.24) is 15.5 Å². The number of sulfone groups is 1. The van der Waals surface area contributed by atoms with Gasteiger partial charge in [0.2, 0.25) is 21.6 Å². The highest BCUT2D eigenvalue weighted by Crippen LogP contribution is 2.17. The molecule has 1 aromatic heterocycles. The van der Waals surface area contributed by atoms with Gasteiger partial charge in [-0.15, -0.1) is 5.10 Å².